The number of hydrogen-bond donors (Lipinski definition) is 2. The van der Waals surface area contributed by atoms with Crippen molar-refractivity contribution in [2.45, 2.75) is 56.7 Å². The molecule has 0 bridgehead atoms. The van der Waals surface area contributed by atoms with E-state index in [9.17, 15) is 19.5 Å². The van der Waals surface area contributed by atoms with Crippen LogP contribution in [0.15, 0.2) is 42.5 Å². The van der Waals surface area contributed by atoms with E-state index in [1.54, 1.807) is 16.9 Å². The van der Waals surface area contributed by atoms with Gasteiger partial charge in [0.05, 0.1) is 25.4 Å². The largest absolute Gasteiger partial charge is 0.497 e. The van der Waals surface area contributed by atoms with E-state index in [4.69, 9.17) is 9.47 Å². The van der Waals surface area contributed by atoms with Crippen molar-refractivity contribution in [3.8, 4) is 5.75 Å². The Bertz CT molecular complexity index is 1180. The van der Waals surface area contributed by atoms with Gasteiger partial charge in [-0.25, -0.2) is 0 Å². The zero-order valence-corrected chi connectivity index (χ0v) is 22.2. The molecule has 0 aromatic heterocycles. The van der Waals surface area contributed by atoms with Crippen molar-refractivity contribution >= 4 is 31.5 Å². The molecule has 2 N–H and O–H groups in total. The highest BCUT2D eigenvalue weighted by molar-refractivity contribution is 6.71. The molecule has 36 heavy (non-hydrogen) atoms. The van der Waals surface area contributed by atoms with Crippen LogP contribution >= 0.6 is 0 Å². The molecule has 3 aliphatic rings. The molecule has 8 nitrogen and oxygen atoms in total. The second-order valence-electron chi connectivity index (χ2n) is 10.6. The number of amides is 2. The van der Waals surface area contributed by atoms with E-state index in [-0.39, 0.29) is 29.9 Å². The minimum atomic E-state index is -2.74. The minimum absolute atomic E-state index is 0.0802. The number of aliphatic hydroxyl groups is 1. The fourth-order valence-corrected chi connectivity index (χ4v) is 8.89. The summed E-state index contributed by atoms with van der Waals surface area (Å²) in [4.78, 5) is 40.7. The maximum absolute atomic E-state index is 14.3. The maximum atomic E-state index is 14.3. The molecule has 1 spiro atoms. The van der Waals surface area contributed by atoms with Crippen LogP contribution in [0, 0.1) is 5.92 Å². The fourth-order valence-electron chi connectivity index (χ4n) is 6.29. The average molecular weight is 511 g/mol. The van der Waals surface area contributed by atoms with E-state index in [1.165, 1.54) is 0 Å². The van der Waals surface area contributed by atoms with Gasteiger partial charge in [0.25, 0.3) is 5.91 Å². The number of aliphatic hydroxyl groups excluding tert-OH is 1. The van der Waals surface area contributed by atoms with Crippen LogP contribution in [0.25, 0.3) is 0 Å². The van der Waals surface area contributed by atoms with E-state index in [0.29, 0.717) is 25.1 Å². The summed E-state index contributed by atoms with van der Waals surface area (Å²) in [6.07, 6.45) is 0.515. The van der Waals surface area contributed by atoms with Crippen molar-refractivity contribution in [2.24, 2.45) is 5.92 Å². The number of anilines is 2. The molecular formula is C27H34N2O6Si. The Morgan fingerprint density at radius 1 is 1.17 bits per heavy atom. The molecular weight excluding hydrogens is 476 g/mol. The predicted octanol–water partition coefficient (Wildman–Crippen LogP) is 3.16. The van der Waals surface area contributed by atoms with Crippen LogP contribution in [0.4, 0.5) is 11.4 Å². The van der Waals surface area contributed by atoms with Gasteiger partial charge in [-0.05, 0) is 55.4 Å². The van der Waals surface area contributed by atoms with Gasteiger partial charge in [-0.15, -0.1) is 0 Å². The summed E-state index contributed by atoms with van der Waals surface area (Å²) in [5.74, 6) is 0.301. The van der Waals surface area contributed by atoms with Gasteiger partial charge in [0, 0.05) is 42.3 Å². The number of nitrogens with zero attached hydrogens (tertiary/aromatic N) is 2. The Hall–Kier alpha value is -2.72. The second-order valence-corrected chi connectivity index (χ2v) is 14.6. The Labute approximate surface area is 212 Å². The van der Waals surface area contributed by atoms with Crippen molar-refractivity contribution < 1.29 is 29.0 Å². The van der Waals surface area contributed by atoms with Gasteiger partial charge in [0.15, 0.2) is 13.9 Å². The molecule has 2 amide bonds. The van der Waals surface area contributed by atoms with Gasteiger partial charge in [0.2, 0.25) is 5.91 Å². The number of rotatable bonds is 7. The summed E-state index contributed by atoms with van der Waals surface area (Å²) in [6, 6.07) is 13.3. The Kier molecular flexibility index (Phi) is 6.23. The van der Waals surface area contributed by atoms with Crippen LogP contribution in [-0.2, 0) is 26.5 Å². The Morgan fingerprint density at radius 2 is 1.89 bits per heavy atom. The first-order valence-electron chi connectivity index (χ1n) is 12.5. The van der Waals surface area contributed by atoms with Crippen LogP contribution in [0.5, 0.6) is 5.75 Å². The lowest BCUT2D eigenvalue weighted by Crippen LogP contribution is -2.46. The Morgan fingerprint density at radius 3 is 2.44 bits per heavy atom. The number of fused-ring (bicyclic) bond motifs is 2. The van der Waals surface area contributed by atoms with Crippen molar-refractivity contribution in [2.75, 3.05) is 30.1 Å². The smallest absolute Gasteiger partial charge is 0.264 e. The SMILES string of the molecule is COc1ccc2c(c1)[C@]1(O[C@@H](CCO)[C@H]([Si](C)(C)O)[C@H]1C)C(=O)N2Cc1ccc(N2CCC2=O)cc1. The number of ether oxygens (including phenoxy) is 2. The lowest BCUT2D eigenvalue weighted by molar-refractivity contribution is -0.146. The summed E-state index contributed by atoms with van der Waals surface area (Å²) in [5, 5.41) is 9.73. The first-order valence-corrected chi connectivity index (χ1v) is 15.5. The minimum Gasteiger partial charge on any atom is -0.497 e. The first-order chi connectivity index (χ1) is 17.1. The number of benzene rings is 2. The molecule has 3 heterocycles. The molecule has 0 radical (unpaired) electrons. The van der Waals surface area contributed by atoms with Crippen molar-refractivity contribution in [3.05, 3.63) is 53.6 Å². The second kappa shape index (κ2) is 8.99. The third kappa shape index (κ3) is 3.76. The van der Waals surface area contributed by atoms with E-state index >= 15 is 0 Å². The third-order valence-corrected chi connectivity index (χ3v) is 10.5. The quantitative estimate of drug-likeness (QED) is 0.439. The molecule has 3 aliphatic heterocycles. The van der Waals surface area contributed by atoms with Crippen LogP contribution in [0.2, 0.25) is 18.6 Å². The monoisotopic (exact) mass is 510 g/mol. The molecule has 5 rings (SSSR count). The van der Waals surface area contributed by atoms with Gasteiger partial charge < -0.3 is 29.2 Å². The summed E-state index contributed by atoms with van der Waals surface area (Å²) < 4.78 is 12.1. The maximum Gasteiger partial charge on any atom is 0.264 e. The molecule has 2 fully saturated rings. The summed E-state index contributed by atoms with van der Waals surface area (Å²) >= 11 is 0. The lowest BCUT2D eigenvalue weighted by Gasteiger charge is -2.32. The van der Waals surface area contributed by atoms with Gasteiger partial charge in [-0.2, -0.15) is 0 Å². The summed E-state index contributed by atoms with van der Waals surface area (Å²) in [7, 11) is -1.15. The molecule has 2 aromatic rings. The number of carbonyl (C=O) groups is 2. The third-order valence-electron chi connectivity index (χ3n) is 8.04. The predicted molar refractivity (Wildman–Crippen MR) is 138 cm³/mol. The van der Waals surface area contributed by atoms with Gasteiger partial charge >= 0.3 is 0 Å². The molecule has 0 unspecified atom stereocenters. The highest BCUT2D eigenvalue weighted by atomic mass is 28.4. The van der Waals surface area contributed by atoms with Crippen LogP contribution in [0.1, 0.15) is 30.9 Å². The highest BCUT2D eigenvalue weighted by Crippen LogP contribution is 2.60. The van der Waals surface area contributed by atoms with Crippen LogP contribution < -0.4 is 14.5 Å². The fraction of sp³-hybridized carbons (Fsp3) is 0.481. The number of β-lactam (4-membered cyclic amide) rings is 1. The molecule has 2 aromatic carbocycles. The number of carbonyl (C=O) groups excluding carboxylic acids is 2. The number of hydrogen-bond acceptors (Lipinski definition) is 6. The van der Waals surface area contributed by atoms with Crippen LogP contribution in [-0.4, -0.2) is 56.4 Å². The van der Waals surface area contributed by atoms with E-state index in [2.05, 4.69) is 0 Å². The molecule has 0 aliphatic carbocycles. The zero-order valence-electron chi connectivity index (χ0n) is 21.2. The molecule has 192 valence electrons. The molecule has 9 heteroatoms. The van der Waals surface area contributed by atoms with Gasteiger partial charge in [0.1, 0.15) is 5.75 Å². The van der Waals surface area contributed by atoms with Crippen molar-refractivity contribution in [1.29, 1.82) is 0 Å². The normalized spacial score (nSPS) is 27.6. The molecule has 2 saturated heterocycles. The summed E-state index contributed by atoms with van der Waals surface area (Å²) in [6.45, 7) is 6.72. The number of methoxy groups -OCH3 is 1. The van der Waals surface area contributed by atoms with Gasteiger partial charge in [-0.3, -0.25) is 9.59 Å². The molecule has 4 atom stereocenters. The van der Waals surface area contributed by atoms with Crippen molar-refractivity contribution in [1.82, 2.24) is 0 Å². The topological polar surface area (TPSA) is 99.5 Å². The highest BCUT2D eigenvalue weighted by Gasteiger charge is 2.66. The zero-order chi connectivity index (χ0) is 25.8. The standard InChI is InChI=1S/C27H34N2O6Si/c1-17-25(36(3,4)33)23(12-14-30)35-27(17)21-15-20(34-2)9-10-22(21)29(26(27)32)16-18-5-7-19(8-6-18)28-13-11-24(28)31/h5-10,15,17,23,25,30,33H,11-14,16H2,1-4H3/t17-,23+,25-,27+/m1/s1. The van der Waals surface area contributed by atoms with E-state index in [1.807, 2.05) is 62.5 Å². The first kappa shape index (κ1) is 24.9. The summed E-state index contributed by atoms with van der Waals surface area (Å²) in [5.41, 5.74) is 1.82. The van der Waals surface area contributed by atoms with Crippen LogP contribution in [0.3, 0.4) is 0 Å². The molecule has 0 saturated carbocycles. The lowest BCUT2D eigenvalue weighted by atomic mass is 9.82. The van der Waals surface area contributed by atoms with E-state index < -0.39 is 20.0 Å². The van der Waals surface area contributed by atoms with Gasteiger partial charge in [-0.1, -0.05) is 19.1 Å². The van der Waals surface area contributed by atoms with Crippen molar-refractivity contribution in [3.63, 3.8) is 0 Å². The van der Waals surface area contributed by atoms with E-state index in [0.717, 1.165) is 29.0 Å². The Balaban J connectivity index is 1.53. The average Bonchev–Trinajstić information content (AvgIpc) is 3.26.